The minimum Gasteiger partial charge on any atom is -0.394 e. The van der Waals surface area contributed by atoms with Crippen LogP contribution in [-0.4, -0.2) is 64.0 Å². The monoisotopic (exact) mass is 584 g/mol. The third-order valence-electron chi connectivity index (χ3n) is 6.77. The highest BCUT2D eigenvalue weighted by Gasteiger charge is 2.34. The van der Waals surface area contributed by atoms with Gasteiger partial charge < -0.3 is 20.2 Å². The Balaban J connectivity index is 0. The molecule has 1 saturated heterocycles. The molecule has 1 aromatic carbocycles. The molecule has 0 bridgehead atoms. The van der Waals surface area contributed by atoms with E-state index in [2.05, 4.69) is 49.5 Å². The van der Waals surface area contributed by atoms with Crippen LogP contribution < -0.4 is 5.32 Å². The van der Waals surface area contributed by atoms with Crippen LogP contribution >= 0.6 is 0 Å². The molecule has 2 heterocycles. The molecule has 3 rings (SSSR count). The van der Waals surface area contributed by atoms with Crippen molar-refractivity contribution in [1.29, 1.82) is 0 Å². The van der Waals surface area contributed by atoms with E-state index in [9.17, 15) is 14.7 Å². The van der Waals surface area contributed by atoms with Crippen LogP contribution in [0.25, 0.3) is 11.1 Å². The van der Waals surface area contributed by atoms with Gasteiger partial charge in [-0.15, -0.1) is 0 Å². The second kappa shape index (κ2) is 24.4. The van der Waals surface area contributed by atoms with E-state index in [0.29, 0.717) is 18.4 Å². The smallest absolute Gasteiger partial charge is 0.245 e. The van der Waals surface area contributed by atoms with Crippen LogP contribution in [0.1, 0.15) is 99.2 Å². The van der Waals surface area contributed by atoms with Gasteiger partial charge in [0.15, 0.2) is 0 Å². The number of rotatable bonds is 10. The summed E-state index contributed by atoms with van der Waals surface area (Å²) in [7, 11) is 0. The number of aromatic nitrogens is 1. The van der Waals surface area contributed by atoms with Gasteiger partial charge in [0.2, 0.25) is 12.3 Å². The fourth-order valence-corrected chi connectivity index (χ4v) is 4.71. The van der Waals surface area contributed by atoms with Crippen LogP contribution in [0.2, 0.25) is 0 Å². The molecule has 7 nitrogen and oxygen atoms in total. The number of benzene rings is 1. The highest BCUT2D eigenvalue weighted by molar-refractivity contribution is 5.83. The molecule has 3 atom stereocenters. The van der Waals surface area contributed by atoms with Gasteiger partial charge in [-0.05, 0) is 74.1 Å². The minimum atomic E-state index is -0.356. The highest BCUT2D eigenvalue weighted by atomic mass is 16.3. The first-order valence-corrected chi connectivity index (χ1v) is 15.8. The summed E-state index contributed by atoms with van der Waals surface area (Å²) in [5.41, 5.74) is 4.21. The Morgan fingerprint density at radius 1 is 1.14 bits per heavy atom. The van der Waals surface area contributed by atoms with Gasteiger partial charge in [0.05, 0.1) is 12.6 Å². The first-order chi connectivity index (χ1) is 20.3. The fraction of sp³-hybridized carbons (Fsp3) is 0.571. The summed E-state index contributed by atoms with van der Waals surface area (Å²) in [6, 6.07) is 9.73. The third kappa shape index (κ3) is 12.8. The predicted octanol–water partition coefficient (Wildman–Crippen LogP) is 7.40. The summed E-state index contributed by atoms with van der Waals surface area (Å²) >= 11 is 0. The molecule has 2 amide bonds. The van der Waals surface area contributed by atoms with Crippen LogP contribution in [0.4, 0.5) is 0 Å². The molecule has 2 N–H and O–H groups in total. The third-order valence-corrected chi connectivity index (χ3v) is 6.77. The molecule has 7 heteroatoms. The Bertz CT molecular complexity index is 978. The van der Waals surface area contributed by atoms with E-state index in [1.807, 2.05) is 89.9 Å². The van der Waals surface area contributed by atoms with Crippen molar-refractivity contribution in [2.75, 3.05) is 19.7 Å². The second-order valence-electron chi connectivity index (χ2n) is 9.56. The van der Waals surface area contributed by atoms with Crippen molar-refractivity contribution in [1.82, 2.24) is 20.1 Å². The molecule has 238 valence electrons. The molecule has 1 aliphatic rings. The molecule has 0 aliphatic carbocycles. The van der Waals surface area contributed by atoms with Crippen LogP contribution in [-0.2, 0) is 9.59 Å². The molecule has 1 fully saturated rings. The van der Waals surface area contributed by atoms with Crippen LogP contribution in [0, 0.1) is 12.8 Å². The number of likely N-dealkylation sites (N-methyl/N-ethyl adjacent to an activating group) is 1. The Hall–Kier alpha value is -3.19. The highest BCUT2D eigenvalue weighted by Crippen LogP contribution is 2.24. The number of hydrogen-bond acceptors (Lipinski definition) is 5. The average molecular weight is 585 g/mol. The van der Waals surface area contributed by atoms with E-state index in [4.69, 9.17) is 0 Å². The number of hydrogen-bond donors (Lipinski definition) is 2. The lowest BCUT2D eigenvalue weighted by molar-refractivity contribution is -0.138. The van der Waals surface area contributed by atoms with E-state index in [0.717, 1.165) is 48.2 Å². The van der Waals surface area contributed by atoms with Crippen molar-refractivity contribution in [2.24, 2.45) is 5.92 Å². The summed E-state index contributed by atoms with van der Waals surface area (Å²) in [5, 5.41) is 11.8. The van der Waals surface area contributed by atoms with Crippen molar-refractivity contribution in [3.8, 4) is 11.1 Å². The molecular weight excluding hydrogens is 524 g/mol. The molecule has 3 unspecified atom stereocenters. The van der Waals surface area contributed by atoms with Gasteiger partial charge in [0.1, 0.15) is 6.04 Å². The van der Waals surface area contributed by atoms with Gasteiger partial charge in [-0.25, -0.2) is 0 Å². The topological polar surface area (TPSA) is 85.8 Å². The van der Waals surface area contributed by atoms with Crippen molar-refractivity contribution >= 4 is 12.3 Å². The molecule has 0 radical (unpaired) electrons. The van der Waals surface area contributed by atoms with Crippen molar-refractivity contribution in [2.45, 2.75) is 107 Å². The second-order valence-corrected chi connectivity index (χ2v) is 9.56. The lowest BCUT2D eigenvalue weighted by Crippen LogP contribution is -2.50. The van der Waals surface area contributed by atoms with Crippen molar-refractivity contribution in [3.63, 3.8) is 0 Å². The number of aryl methyl sites for hydroxylation is 1. The summed E-state index contributed by atoms with van der Waals surface area (Å²) in [4.78, 5) is 31.2. The zero-order valence-corrected chi connectivity index (χ0v) is 28.4. The standard InChI is InChI=1S/C15H16N2O2.C14H26N2O.3C2H6/c1-11-8-16-7-6-14(11)12-2-4-13(5-3-12)15(9-18)17-10-19;1-6-15(7-2)13(11(3)4)14(17)16-10-8-9-12(16)5;3*1-2/h2-8,10,15,18H,9H2,1H3,(H,17,19);6,11-13H,1,7-10H2,2-5H3;3*1-2H3. The minimum absolute atomic E-state index is 0.0574. The number of carbonyl (C=O) groups is 2. The van der Waals surface area contributed by atoms with Crippen molar-refractivity contribution < 1.29 is 14.7 Å². The molecule has 1 aromatic heterocycles. The predicted molar refractivity (Wildman–Crippen MR) is 179 cm³/mol. The largest absolute Gasteiger partial charge is 0.394 e. The summed E-state index contributed by atoms with van der Waals surface area (Å²) in [6.07, 6.45) is 8.26. The maximum Gasteiger partial charge on any atom is 0.245 e. The number of pyridine rings is 1. The molecule has 2 aromatic rings. The lowest BCUT2D eigenvalue weighted by Gasteiger charge is -2.35. The van der Waals surface area contributed by atoms with Gasteiger partial charge in [0, 0.05) is 31.5 Å². The number of aliphatic hydroxyl groups is 1. The molecule has 0 saturated carbocycles. The van der Waals surface area contributed by atoms with Crippen LogP contribution in [0.3, 0.4) is 0 Å². The zero-order valence-electron chi connectivity index (χ0n) is 28.4. The van der Waals surface area contributed by atoms with Gasteiger partial charge >= 0.3 is 0 Å². The zero-order chi connectivity index (χ0) is 32.7. The number of nitrogens with one attached hydrogen (secondary N) is 1. The first kappa shape index (κ1) is 40.9. The number of carbonyl (C=O) groups excluding carboxylic acids is 2. The van der Waals surface area contributed by atoms with Gasteiger partial charge in [-0.2, -0.15) is 0 Å². The number of likely N-dealkylation sites (tertiary alicyclic amines) is 1. The number of amides is 2. The average Bonchev–Trinajstić information content (AvgIpc) is 3.47. The Morgan fingerprint density at radius 2 is 1.74 bits per heavy atom. The SMILES string of the molecule is C=CN(CC)C(C(=O)N1CCCC1C)C(C)C.CC.CC.CC.Cc1cnccc1-c1ccc(C(CO)NC=O)cc1. The van der Waals surface area contributed by atoms with Gasteiger partial charge in [-0.3, -0.25) is 14.6 Å². The molecular formula is C35H60N4O3. The van der Waals surface area contributed by atoms with E-state index in [1.165, 1.54) is 0 Å². The Kier molecular flexibility index (Phi) is 23.8. The normalized spacial score (nSPS) is 14.6. The summed E-state index contributed by atoms with van der Waals surface area (Å²) < 4.78 is 0. The maximum atomic E-state index is 12.6. The Labute approximate surface area is 257 Å². The van der Waals surface area contributed by atoms with Crippen LogP contribution in [0.5, 0.6) is 0 Å². The van der Waals surface area contributed by atoms with Gasteiger partial charge in [-0.1, -0.05) is 86.2 Å². The lowest BCUT2D eigenvalue weighted by atomic mass is 9.99. The van der Waals surface area contributed by atoms with E-state index in [1.54, 1.807) is 12.4 Å². The molecule has 1 aliphatic heterocycles. The summed E-state index contributed by atoms with van der Waals surface area (Å²) in [6.45, 7) is 27.9. The molecule has 0 spiro atoms. The first-order valence-electron chi connectivity index (χ1n) is 15.8. The summed E-state index contributed by atoms with van der Waals surface area (Å²) in [5.74, 6) is 0.583. The van der Waals surface area contributed by atoms with E-state index >= 15 is 0 Å². The fourth-order valence-electron chi connectivity index (χ4n) is 4.71. The molecule has 42 heavy (non-hydrogen) atoms. The number of aliphatic hydroxyl groups excluding tert-OH is 1. The quantitative estimate of drug-likeness (QED) is 0.284. The Morgan fingerprint density at radius 3 is 2.14 bits per heavy atom. The van der Waals surface area contributed by atoms with E-state index < -0.39 is 0 Å². The maximum absolute atomic E-state index is 12.6. The number of nitrogens with zero attached hydrogens (tertiary/aromatic N) is 3. The van der Waals surface area contributed by atoms with Gasteiger partial charge in [0.25, 0.3) is 0 Å². The van der Waals surface area contributed by atoms with E-state index in [-0.39, 0.29) is 24.6 Å². The van der Waals surface area contributed by atoms with Crippen molar-refractivity contribution in [3.05, 3.63) is 66.6 Å². The van der Waals surface area contributed by atoms with Crippen LogP contribution in [0.15, 0.2) is 55.5 Å².